The summed E-state index contributed by atoms with van der Waals surface area (Å²) in [6.07, 6.45) is 3.82. The Morgan fingerprint density at radius 1 is 0.758 bits per heavy atom. The molecule has 0 unspecified atom stereocenters. The van der Waals surface area contributed by atoms with Crippen LogP contribution in [0.25, 0.3) is 0 Å². The second-order valence-corrected chi connectivity index (χ2v) is 9.07. The summed E-state index contributed by atoms with van der Waals surface area (Å²) in [5.41, 5.74) is 2.64. The Labute approximate surface area is 197 Å². The molecule has 4 rings (SSSR count). The molecule has 2 saturated heterocycles. The second kappa shape index (κ2) is 11.0. The third kappa shape index (κ3) is 5.50. The fourth-order valence-electron chi connectivity index (χ4n) is 5.38. The average molecular weight is 453 g/mol. The van der Waals surface area contributed by atoms with Crippen LogP contribution in [0, 0.1) is 0 Å². The highest BCUT2D eigenvalue weighted by Crippen LogP contribution is 2.34. The van der Waals surface area contributed by atoms with Crippen molar-refractivity contribution in [2.75, 3.05) is 47.5 Å². The number of hydrogen-bond donors (Lipinski definition) is 0. The zero-order chi connectivity index (χ0) is 23.2. The van der Waals surface area contributed by atoms with Crippen molar-refractivity contribution in [1.29, 1.82) is 0 Å². The molecular weight excluding hydrogens is 416 g/mol. The van der Waals surface area contributed by atoms with Crippen LogP contribution in [0.3, 0.4) is 0 Å². The fourth-order valence-corrected chi connectivity index (χ4v) is 5.38. The van der Waals surface area contributed by atoms with E-state index in [-0.39, 0.29) is 12.1 Å². The molecule has 0 bridgehead atoms. The van der Waals surface area contributed by atoms with E-state index in [1.807, 2.05) is 12.1 Å². The maximum Gasteiger partial charge on any atom is 0.338 e. The van der Waals surface area contributed by atoms with Crippen molar-refractivity contribution in [1.82, 2.24) is 9.80 Å². The molecule has 2 aromatic carbocycles. The van der Waals surface area contributed by atoms with Crippen molar-refractivity contribution < 1.29 is 19.0 Å². The topological polar surface area (TPSA) is 51.2 Å². The molecule has 0 saturated carbocycles. The average Bonchev–Trinajstić information content (AvgIpc) is 2.89. The van der Waals surface area contributed by atoms with Gasteiger partial charge in [-0.3, -0.25) is 9.80 Å². The van der Waals surface area contributed by atoms with E-state index in [0.717, 1.165) is 63.4 Å². The molecule has 6 heteroatoms. The van der Waals surface area contributed by atoms with Gasteiger partial charge in [0.2, 0.25) is 0 Å². The van der Waals surface area contributed by atoms with E-state index in [1.54, 1.807) is 14.2 Å². The lowest BCUT2D eigenvalue weighted by atomic mass is 9.88. The minimum Gasteiger partial charge on any atom is -0.497 e. The number of rotatable bonds is 7. The SMILES string of the molecule is COC(=O)C(N1CCC(c2cccc(OC)c2)CC1)N1CCC(c2cccc(OC)c2)CC1. The molecule has 0 atom stereocenters. The first-order valence-corrected chi connectivity index (χ1v) is 12.0. The van der Waals surface area contributed by atoms with E-state index >= 15 is 0 Å². The summed E-state index contributed by atoms with van der Waals surface area (Å²) in [5.74, 6) is 2.65. The quantitative estimate of drug-likeness (QED) is 0.585. The summed E-state index contributed by atoms with van der Waals surface area (Å²) >= 11 is 0. The number of hydrogen-bond acceptors (Lipinski definition) is 6. The van der Waals surface area contributed by atoms with Gasteiger partial charge in [-0.05, 0) is 72.9 Å². The zero-order valence-electron chi connectivity index (χ0n) is 20.0. The first-order valence-electron chi connectivity index (χ1n) is 12.0. The number of ether oxygens (including phenoxy) is 3. The number of piperidine rings is 2. The number of benzene rings is 2. The van der Waals surface area contributed by atoms with E-state index < -0.39 is 0 Å². The number of carbonyl (C=O) groups is 1. The summed E-state index contributed by atoms with van der Waals surface area (Å²) < 4.78 is 16.0. The summed E-state index contributed by atoms with van der Waals surface area (Å²) in [6.45, 7) is 3.55. The van der Waals surface area contributed by atoms with Gasteiger partial charge in [-0.25, -0.2) is 4.79 Å². The molecule has 2 aromatic rings. The number of likely N-dealkylation sites (tertiary alicyclic amines) is 2. The second-order valence-electron chi connectivity index (χ2n) is 9.07. The van der Waals surface area contributed by atoms with Crippen LogP contribution in [0.2, 0.25) is 0 Å². The Morgan fingerprint density at radius 3 is 1.55 bits per heavy atom. The molecule has 2 fully saturated rings. The van der Waals surface area contributed by atoms with E-state index in [9.17, 15) is 4.79 Å². The highest BCUT2D eigenvalue weighted by atomic mass is 16.5. The minimum absolute atomic E-state index is 0.144. The molecule has 2 heterocycles. The largest absolute Gasteiger partial charge is 0.497 e. The van der Waals surface area contributed by atoms with Crippen molar-refractivity contribution in [3.05, 3.63) is 59.7 Å². The van der Waals surface area contributed by atoms with E-state index in [4.69, 9.17) is 14.2 Å². The number of carbonyl (C=O) groups excluding carboxylic acids is 1. The van der Waals surface area contributed by atoms with Crippen molar-refractivity contribution in [2.24, 2.45) is 0 Å². The van der Waals surface area contributed by atoms with Crippen LogP contribution in [0.15, 0.2) is 48.5 Å². The summed E-state index contributed by atoms with van der Waals surface area (Å²) in [5, 5.41) is 0. The zero-order valence-corrected chi connectivity index (χ0v) is 20.0. The van der Waals surface area contributed by atoms with Crippen molar-refractivity contribution in [3.63, 3.8) is 0 Å². The lowest BCUT2D eigenvalue weighted by Crippen LogP contribution is -2.57. The van der Waals surface area contributed by atoms with Gasteiger partial charge in [-0.15, -0.1) is 0 Å². The maximum absolute atomic E-state index is 12.8. The molecule has 0 spiro atoms. The monoisotopic (exact) mass is 452 g/mol. The van der Waals surface area contributed by atoms with E-state index in [0.29, 0.717) is 11.8 Å². The first-order chi connectivity index (χ1) is 16.1. The normalized spacial score (nSPS) is 18.9. The van der Waals surface area contributed by atoms with Crippen molar-refractivity contribution >= 4 is 5.97 Å². The lowest BCUT2D eigenvalue weighted by Gasteiger charge is -2.43. The molecule has 0 N–H and O–H groups in total. The highest BCUT2D eigenvalue weighted by Gasteiger charge is 2.37. The van der Waals surface area contributed by atoms with Gasteiger partial charge in [0.25, 0.3) is 0 Å². The predicted octanol–water partition coefficient (Wildman–Crippen LogP) is 4.26. The molecule has 0 aliphatic carbocycles. The molecule has 178 valence electrons. The molecule has 0 aromatic heterocycles. The van der Waals surface area contributed by atoms with Crippen LogP contribution in [-0.2, 0) is 9.53 Å². The van der Waals surface area contributed by atoms with Crippen molar-refractivity contribution in [3.8, 4) is 11.5 Å². The third-order valence-corrected chi connectivity index (χ3v) is 7.29. The van der Waals surface area contributed by atoms with Gasteiger partial charge in [0.05, 0.1) is 21.3 Å². The highest BCUT2D eigenvalue weighted by molar-refractivity contribution is 5.75. The van der Waals surface area contributed by atoms with Crippen LogP contribution < -0.4 is 9.47 Å². The van der Waals surface area contributed by atoms with E-state index in [2.05, 4.69) is 46.2 Å². The standard InChI is InChI=1S/C27H36N2O4/c1-31-24-8-4-6-22(18-24)20-10-14-28(15-11-20)26(27(30)33-3)29-16-12-21(13-17-29)23-7-5-9-25(19-23)32-2/h4-9,18-21,26H,10-17H2,1-3H3. The van der Waals surface area contributed by atoms with Crippen LogP contribution >= 0.6 is 0 Å². The molecule has 33 heavy (non-hydrogen) atoms. The maximum atomic E-state index is 12.8. The van der Waals surface area contributed by atoms with Crippen LogP contribution in [0.4, 0.5) is 0 Å². The van der Waals surface area contributed by atoms with Gasteiger partial charge in [0.15, 0.2) is 6.17 Å². The van der Waals surface area contributed by atoms with Gasteiger partial charge < -0.3 is 14.2 Å². The van der Waals surface area contributed by atoms with Gasteiger partial charge >= 0.3 is 5.97 Å². The molecule has 2 aliphatic rings. The molecule has 2 aliphatic heterocycles. The summed E-state index contributed by atoms with van der Waals surface area (Å²) in [6, 6.07) is 16.7. The molecule has 0 radical (unpaired) electrons. The van der Waals surface area contributed by atoms with Crippen molar-refractivity contribution in [2.45, 2.75) is 43.7 Å². The summed E-state index contributed by atoms with van der Waals surface area (Å²) in [4.78, 5) is 17.5. The smallest absolute Gasteiger partial charge is 0.338 e. The molecular formula is C27H36N2O4. The molecule has 6 nitrogen and oxygen atoms in total. The minimum atomic E-state index is -0.299. The Kier molecular flexibility index (Phi) is 7.89. The van der Waals surface area contributed by atoms with Crippen LogP contribution in [0.1, 0.15) is 48.6 Å². The lowest BCUT2D eigenvalue weighted by molar-refractivity contribution is -0.157. The Balaban J connectivity index is 1.38. The van der Waals surface area contributed by atoms with Gasteiger partial charge in [-0.1, -0.05) is 24.3 Å². The van der Waals surface area contributed by atoms with Crippen LogP contribution in [-0.4, -0.2) is 69.4 Å². The Morgan fingerprint density at radius 2 is 1.18 bits per heavy atom. The van der Waals surface area contributed by atoms with Gasteiger partial charge in [0, 0.05) is 26.2 Å². The van der Waals surface area contributed by atoms with Gasteiger partial charge in [0.1, 0.15) is 11.5 Å². The first kappa shape index (κ1) is 23.6. The predicted molar refractivity (Wildman–Crippen MR) is 129 cm³/mol. The number of methoxy groups -OCH3 is 3. The van der Waals surface area contributed by atoms with E-state index in [1.165, 1.54) is 18.2 Å². The Hall–Kier alpha value is -2.57. The Bertz CT molecular complexity index is 850. The molecule has 0 amide bonds. The number of esters is 1. The number of nitrogens with zero attached hydrogens (tertiary/aromatic N) is 2. The van der Waals surface area contributed by atoms with Crippen LogP contribution in [0.5, 0.6) is 11.5 Å². The summed E-state index contributed by atoms with van der Waals surface area (Å²) in [7, 11) is 4.92. The van der Waals surface area contributed by atoms with Gasteiger partial charge in [-0.2, -0.15) is 0 Å². The fraction of sp³-hybridized carbons (Fsp3) is 0.519. The third-order valence-electron chi connectivity index (χ3n) is 7.29.